The molecule has 0 aliphatic rings. The van der Waals surface area contributed by atoms with E-state index in [0.29, 0.717) is 5.16 Å². The minimum Gasteiger partial charge on any atom is -0.336 e. The molecule has 0 spiro atoms. The first-order valence-corrected chi connectivity index (χ1v) is 10.6. The highest BCUT2D eigenvalue weighted by molar-refractivity contribution is 7.99. The maximum absolute atomic E-state index is 12.7. The molecule has 0 saturated carbocycles. The molecule has 8 heteroatoms. The van der Waals surface area contributed by atoms with E-state index in [-0.39, 0.29) is 17.7 Å². The molecule has 142 valence electrons. The van der Waals surface area contributed by atoms with Crippen LogP contribution in [-0.2, 0) is 4.79 Å². The van der Waals surface area contributed by atoms with Gasteiger partial charge in [0.1, 0.15) is 11.3 Å². The molecule has 4 aromatic rings. The van der Waals surface area contributed by atoms with Gasteiger partial charge in [-0.25, -0.2) is 4.98 Å². The second kappa shape index (κ2) is 8.12. The van der Waals surface area contributed by atoms with E-state index in [4.69, 9.17) is 0 Å². The van der Waals surface area contributed by atoms with Crippen molar-refractivity contribution in [2.24, 2.45) is 0 Å². The lowest BCUT2D eigenvalue weighted by molar-refractivity contribution is -0.128. The highest BCUT2D eigenvalue weighted by Gasteiger charge is 2.21. The van der Waals surface area contributed by atoms with E-state index in [2.05, 4.69) is 21.2 Å². The predicted molar refractivity (Wildman–Crippen MR) is 113 cm³/mol. The summed E-state index contributed by atoms with van der Waals surface area (Å²) in [5.74, 6) is 0.316. The second-order valence-corrected chi connectivity index (χ2v) is 8.31. The zero-order chi connectivity index (χ0) is 19.5. The number of fused-ring (bicyclic) bond motifs is 1. The Hall–Kier alpha value is -2.71. The predicted octanol–water partition coefficient (Wildman–Crippen LogP) is 4.19. The Morgan fingerprint density at radius 2 is 1.93 bits per heavy atom. The summed E-state index contributed by atoms with van der Waals surface area (Å²) >= 11 is 3.01. The van der Waals surface area contributed by atoms with Gasteiger partial charge >= 0.3 is 0 Å². The molecule has 0 fully saturated rings. The van der Waals surface area contributed by atoms with Crippen LogP contribution in [0.5, 0.6) is 0 Å². The van der Waals surface area contributed by atoms with Crippen molar-refractivity contribution in [2.75, 3.05) is 12.8 Å². The summed E-state index contributed by atoms with van der Waals surface area (Å²) in [6.07, 6.45) is 1.66. The van der Waals surface area contributed by atoms with Crippen LogP contribution in [0.1, 0.15) is 18.0 Å². The van der Waals surface area contributed by atoms with Gasteiger partial charge in [0.2, 0.25) is 5.91 Å². The molecule has 0 aliphatic heterocycles. The molecule has 0 bridgehead atoms. The fraction of sp³-hybridized carbons (Fsp3) is 0.200. The molecule has 0 N–H and O–H groups in total. The van der Waals surface area contributed by atoms with Gasteiger partial charge in [-0.05, 0) is 31.2 Å². The van der Waals surface area contributed by atoms with Crippen LogP contribution in [-0.4, -0.2) is 43.4 Å². The van der Waals surface area contributed by atoms with E-state index in [1.54, 1.807) is 22.6 Å². The van der Waals surface area contributed by atoms with Crippen molar-refractivity contribution < 1.29 is 4.79 Å². The summed E-state index contributed by atoms with van der Waals surface area (Å²) in [5, 5.41) is 9.77. The van der Waals surface area contributed by atoms with Gasteiger partial charge in [0.15, 0.2) is 5.16 Å². The Balaban J connectivity index is 1.43. The number of thiazole rings is 1. The van der Waals surface area contributed by atoms with Crippen molar-refractivity contribution in [3.05, 3.63) is 65.9 Å². The number of hydrogen-bond acceptors (Lipinski definition) is 6. The second-order valence-electron chi connectivity index (χ2n) is 6.31. The van der Waals surface area contributed by atoms with Crippen LogP contribution in [0.4, 0.5) is 0 Å². The number of carbonyl (C=O) groups excluding carboxylic acids is 1. The number of hydrogen-bond donors (Lipinski definition) is 0. The van der Waals surface area contributed by atoms with Crippen LogP contribution >= 0.6 is 23.1 Å². The molecule has 28 heavy (non-hydrogen) atoms. The summed E-state index contributed by atoms with van der Waals surface area (Å²) in [6.45, 7) is 2.01. The summed E-state index contributed by atoms with van der Waals surface area (Å²) in [7, 11) is 1.82. The first-order chi connectivity index (χ1) is 13.6. The highest BCUT2D eigenvalue weighted by atomic mass is 32.2. The average molecular weight is 410 g/mol. The van der Waals surface area contributed by atoms with Crippen LogP contribution < -0.4 is 0 Å². The van der Waals surface area contributed by atoms with E-state index >= 15 is 0 Å². The minimum absolute atomic E-state index is 0.0272. The number of benzene rings is 2. The van der Waals surface area contributed by atoms with E-state index in [1.165, 1.54) is 11.8 Å². The van der Waals surface area contributed by atoms with Gasteiger partial charge in [0.25, 0.3) is 0 Å². The molecule has 2 aromatic heterocycles. The van der Waals surface area contributed by atoms with Gasteiger partial charge < -0.3 is 4.90 Å². The van der Waals surface area contributed by atoms with Crippen LogP contribution in [0.2, 0.25) is 0 Å². The zero-order valence-corrected chi connectivity index (χ0v) is 17.2. The summed E-state index contributed by atoms with van der Waals surface area (Å²) in [6, 6.07) is 17.8. The van der Waals surface area contributed by atoms with Crippen LogP contribution in [0.25, 0.3) is 15.9 Å². The van der Waals surface area contributed by atoms with Gasteiger partial charge in [-0.3, -0.25) is 9.36 Å². The Labute approximate surface area is 171 Å². The minimum atomic E-state index is -0.0857. The molecular formula is C20H19N5OS2. The van der Waals surface area contributed by atoms with E-state index in [9.17, 15) is 4.79 Å². The largest absolute Gasteiger partial charge is 0.336 e. The smallest absolute Gasteiger partial charge is 0.233 e. The molecule has 6 nitrogen and oxygen atoms in total. The summed E-state index contributed by atoms with van der Waals surface area (Å²) < 4.78 is 3.02. The fourth-order valence-corrected chi connectivity index (χ4v) is 4.68. The lowest BCUT2D eigenvalue weighted by atomic mass is 10.3. The summed E-state index contributed by atoms with van der Waals surface area (Å²) in [4.78, 5) is 19.2. The number of nitrogens with zero attached hydrogens (tertiary/aromatic N) is 5. The lowest BCUT2D eigenvalue weighted by Gasteiger charge is -2.23. The maximum atomic E-state index is 12.7. The van der Waals surface area contributed by atoms with Crippen LogP contribution in [0.3, 0.4) is 0 Å². The SMILES string of the molecule is C[C@H](c1nc2ccccc2s1)N(C)C(=O)CSc1nncn1-c1ccccc1. The maximum Gasteiger partial charge on any atom is 0.233 e. The Bertz CT molecular complexity index is 1060. The van der Waals surface area contributed by atoms with Crippen molar-refractivity contribution in [1.82, 2.24) is 24.6 Å². The Morgan fingerprint density at radius 1 is 1.18 bits per heavy atom. The Kier molecular flexibility index (Phi) is 5.40. The molecule has 0 radical (unpaired) electrons. The van der Waals surface area contributed by atoms with Gasteiger partial charge in [0, 0.05) is 12.7 Å². The van der Waals surface area contributed by atoms with Crippen molar-refractivity contribution in [1.29, 1.82) is 0 Å². The monoisotopic (exact) mass is 409 g/mol. The molecule has 1 atom stereocenters. The standard InChI is InChI=1S/C20H19N5OS2/c1-14(19-22-16-10-6-7-11-17(16)28-19)24(2)18(26)12-27-20-23-21-13-25(20)15-8-4-3-5-9-15/h3-11,13-14H,12H2,1-2H3/t14-/m1/s1. The zero-order valence-electron chi connectivity index (χ0n) is 15.5. The van der Waals surface area contributed by atoms with Gasteiger partial charge in [-0.2, -0.15) is 0 Å². The van der Waals surface area contributed by atoms with Crippen LogP contribution in [0, 0.1) is 0 Å². The third-order valence-electron chi connectivity index (χ3n) is 4.52. The molecule has 1 amide bonds. The van der Waals surface area contributed by atoms with Gasteiger partial charge in [0.05, 0.1) is 22.0 Å². The van der Waals surface area contributed by atoms with E-state index < -0.39 is 0 Å². The van der Waals surface area contributed by atoms with Crippen molar-refractivity contribution in [3.63, 3.8) is 0 Å². The number of carbonyl (C=O) groups is 1. The number of amides is 1. The van der Waals surface area contributed by atoms with Crippen molar-refractivity contribution in [3.8, 4) is 5.69 Å². The first kappa shape index (κ1) is 18.6. The van der Waals surface area contributed by atoms with Gasteiger partial charge in [-0.15, -0.1) is 21.5 Å². The average Bonchev–Trinajstić information content (AvgIpc) is 3.38. The highest BCUT2D eigenvalue weighted by Crippen LogP contribution is 2.29. The van der Waals surface area contributed by atoms with E-state index in [0.717, 1.165) is 20.9 Å². The van der Waals surface area contributed by atoms with Gasteiger partial charge in [-0.1, -0.05) is 42.1 Å². The number of thioether (sulfide) groups is 1. The fourth-order valence-electron chi connectivity index (χ4n) is 2.77. The van der Waals surface area contributed by atoms with Crippen LogP contribution in [0.15, 0.2) is 66.1 Å². The van der Waals surface area contributed by atoms with E-state index in [1.807, 2.05) is 67.1 Å². The summed E-state index contributed by atoms with van der Waals surface area (Å²) in [5.41, 5.74) is 1.94. The lowest BCUT2D eigenvalue weighted by Crippen LogP contribution is -2.31. The molecule has 2 heterocycles. The number of para-hydroxylation sites is 2. The molecule has 0 aliphatic carbocycles. The molecule has 4 rings (SSSR count). The third-order valence-corrected chi connectivity index (χ3v) is 6.65. The van der Waals surface area contributed by atoms with Crippen molar-refractivity contribution >= 4 is 39.2 Å². The number of rotatable bonds is 6. The van der Waals surface area contributed by atoms with Crippen molar-refractivity contribution in [2.45, 2.75) is 18.1 Å². The topological polar surface area (TPSA) is 63.9 Å². The quantitative estimate of drug-likeness (QED) is 0.447. The molecule has 0 unspecified atom stereocenters. The Morgan fingerprint density at radius 3 is 2.71 bits per heavy atom. The molecular weight excluding hydrogens is 390 g/mol. The number of aromatic nitrogens is 4. The first-order valence-electron chi connectivity index (χ1n) is 8.83. The molecule has 2 aromatic carbocycles. The molecule has 0 saturated heterocycles. The normalized spacial score (nSPS) is 12.2. The third kappa shape index (κ3) is 3.79.